The zero-order valence-electron chi connectivity index (χ0n) is 10.6. The summed E-state index contributed by atoms with van der Waals surface area (Å²) in [6.45, 7) is 1.26. The maximum Gasteiger partial charge on any atom is 0.287 e. The summed E-state index contributed by atoms with van der Waals surface area (Å²) in [5.41, 5.74) is 0.387. The van der Waals surface area contributed by atoms with Crippen LogP contribution in [0.3, 0.4) is 0 Å². The Labute approximate surface area is 138 Å². The van der Waals surface area contributed by atoms with Crippen molar-refractivity contribution in [1.82, 2.24) is 9.78 Å². The summed E-state index contributed by atoms with van der Waals surface area (Å²) in [6, 6.07) is 3.63. The molecule has 110 valence electrons. The molecule has 0 amide bonds. The average molecular weight is 392 g/mol. The van der Waals surface area contributed by atoms with Gasteiger partial charge in [-0.25, -0.2) is 4.68 Å². The van der Waals surface area contributed by atoms with Gasteiger partial charge in [0.2, 0.25) is 0 Å². The number of ether oxygens (including phenoxy) is 2. The van der Waals surface area contributed by atoms with Crippen LogP contribution in [-0.4, -0.2) is 23.0 Å². The number of rotatable bonds is 2. The summed E-state index contributed by atoms with van der Waals surface area (Å²) in [5.74, 6) is 1.32. The Bertz CT molecular complexity index is 764. The van der Waals surface area contributed by atoms with Gasteiger partial charge in [0.25, 0.3) is 5.56 Å². The highest BCUT2D eigenvalue weighted by molar-refractivity contribution is 9.10. The molecule has 0 atom stereocenters. The van der Waals surface area contributed by atoms with E-state index in [1.807, 2.05) is 12.1 Å². The van der Waals surface area contributed by atoms with Gasteiger partial charge in [-0.1, -0.05) is 39.1 Å². The lowest BCUT2D eigenvalue weighted by molar-refractivity contribution is 0.171. The maximum absolute atomic E-state index is 12.0. The van der Waals surface area contributed by atoms with Gasteiger partial charge in [0.15, 0.2) is 11.5 Å². The molecule has 2 aromatic rings. The number of halogens is 3. The van der Waals surface area contributed by atoms with E-state index < -0.39 is 5.56 Å². The fourth-order valence-corrected chi connectivity index (χ4v) is 2.66. The van der Waals surface area contributed by atoms with E-state index in [0.29, 0.717) is 24.7 Å². The predicted octanol–water partition coefficient (Wildman–Crippen LogP) is 3.13. The van der Waals surface area contributed by atoms with Gasteiger partial charge in [-0.05, 0) is 17.7 Å². The van der Waals surface area contributed by atoms with Gasteiger partial charge >= 0.3 is 0 Å². The molecule has 0 radical (unpaired) electrons. The number of fused-ring (bicyclic) bond motifs is 1. The minimum absolute atomic E-state index is 0.0414. The van der Waals surface area contributed by atoms with E-state index >= 15 is 0 Å². The molecule has 1 aliphatic rings. The molecular formula is C13H9BrCl2N2O3. The quantitative estimate of drug-likeness (QED) is 0.789. The fourth-order valence-electron chi connectivity index (χ4n) is 1.95. The first-order valence-corrected chi connectivity index (χ1v) is 7.60. The van der Waals surface area contributed by atoms with Gasteiger partial charge in [0.1, 0.15) is 18.2 Å². The summed E-state index contributed by atoms with van der Waals surface area (Å²) >= 11 is 15.1. The molecule has 1 aliphatic heterocycles. The van der Waals surface area contributed by atoms with Crippen molar-refractivity contribution in [2.75, 3.05) is 13.2 Å². The third-order valence-electron chi connectivity index (χ3n) is 2.97. The Morgan fingerprint density at radius 1 is 1.24 bits per heavy atom. The van der Waals surface area contributed by atoms with Crippen LogP contribution in [0.15, 0.2) is 27.6 Å². The fraction of sp³-hybridized carbons (Fsp3) is 0.231. The number of nitrogens with zero attached hydrogens (tertiary/aromatic N) is 2. The standard InChI is InChI=1S/C13H9BrCl2N2O3/c14-8-4-11-10(20-1-2-21-11)3-7(8)6-18-13(19)12(16)9(15)5-17-18/h3-5H,1-2,6H2. The Morgan fingerprint density at radius 3 is 2.62 bits per heavy atom. The van der Waals surface area contributed by atoms with Gasteiger partial charge in [-0.3, -0.25) is 4.79 Å². The van der Waals surface area contributed by atoms with Crippen LogP contribution in [0.4, 0.5) is 0 Å². The van der Waals surface area contributed by atoms with Crippen LogP contribution in [0.1, 0.15) is 5.56 Å². The molecule has 0 fully saturated rings. The molecule has 2 heterocycles. The second-order valence-electron chi connectivity index (χ2n) is 4.36. The minimum Gasteiger partial charge on any atom is -0.486 e. The second-order valence-corrected chi connectivity index (χ2v) is 6.00. The molecule has 0 saturated carbocycles. The third-order valence-corrected chi connectivity index (χ3v) is 4.46. The van der Waals surface area contributed by atoms with Crippen molar-refractivity contribution in [2.24, 2.45) is 0 Å². The normalized spacial score (nSPS) is 13.3. The highest BCUT2D eigenvalue weighted by atomic mass is 79.9. The molecule has 21 heavy (non-hydrogen) atoms. The van der Waals surface area contributed by atoms with E-state index in [1.54, 1.807) is 0 Å². The lowest BCUT2D eigenvalue weighted by Gasteiger charge is -2.20. The van der Waals surface area contributed by atoms with Crippen LogP contribution >= 0.6 is 39.1 Å². The van der Waals surface area contributed by atoms with Crippen molar-refractivity contribution in [2.45, 2.75) is 6.54 Å². The van der Waals surface area contributed by atoms with Crippen LogP contribution in [0, 0.1) is 0 Å². The highest BCUT2D eigenvalue weighted by Gasteiger charge is 2.16. The molecule has 5 nitrogen and oxygen atoms in total. The topological polar surface area (TPSA) is 53.4 Å². The van der Waals surface area contributed by atoms with E-state index in [-0.39, 0.29) is 16.6 Å². The molecule has 0 bridgehead atoms. The van der Waals surface area contributed by atoms with E-state index in [0.717, 1.165) is 10.0 Å². The molecule has 0 unspecified atom stereocenters. The van der Waals surface area contributed by atoms with Crippen LogP contribution < -0.4 is 15.0 Å². The average Bonchev–Trinajstić information content (AvgIpc) is 2.48. The van der Waals surface area contributed by atoms with E-state index in [1.165, 1.54) is 10.9 Å². The zero-order valence-corrected chi connectivity index (χ0v) is 13.7. The predicted molar refractivity (Wildman–Crippen MR) is 82.8 cm³/mol. The van der Waals surface area contributed by atoms with Crippen molar-refractivity contribution in [3.05, 3.63) is 48.8 Å². The van der Waals surface area contributed by atoms with Gasteiger partial charge in [-0.15, -0.1) is 0 Å². The van der Waals surface area contributed by atoms with Crippen LogP contribution in [-0.2, 0) is 6.54 Å². The van der Waals surface area contributed by atoms with Crippen LogP contribution in [0.5, 0.6) is 11.5 Å². The SMILES string of the molecule is O=c1c(Cl)c(Cl)cnn1Cc1cc2c(cc1Br)OCCO2. The minimum atomic E-state index is -0.439. The Hall–Kier alpha value is -1.24. The molecule has 8 heteroatoms. The summed E-state index contributed by atoms with van der Waals surface area (Å²) in [7, 11) is 0. The van der Waals surface area contributed by atoms with E-state index in [9.17, 15) is 4.79 Å². The van der Waals surface area contributed by atoms with Crippen molar-refractivity contribution < 1.29 is 9.47 Å². The number of aromatic nitrogens is 2. The molecule has 0 saturated heterocycles. The molecule has 0 aliphatic carbocycles. The van der Waals surface area contributed by atoms with Gasteiger partial charge < -0.3 is 9.47 Å². The molecule has 1 aromatic heterocycles. The van der Waals surface area contributed by atoms with Crippen molar-refractivity contribution in [3.8, 4) is 11.5 Å². The van der Waals surface area contributed by atoms with Crippen LogP contribution in [0.2, 0.25) is 10.0 Å². The Balaban J connectivity index is 1.99. The summed E-state index contributed by atoms with van der Waals surface area (Å²) in [5, 5.41) is 4.08. The largest absolute Gasteiger partial charge is 0.486 e. The zero-order chi connectivity index (χ0) is 15.0. The lowest BCUT2D eigenvalue weighted by Crippen LogP contribution is -2.24. The molecule has 3 rings (SSSR count). The number of hydrogen-bond acceptors (Lipinski definition) is 4. The first-order chi connectivity index (χ1) is 10.1. The molecular weight excluding hydrogens is 383 g/mol. The lowest BCUT2D eigenvalue weighted by atomic mass is 10.2. The van der Waals surface area contributed by atoms with E-state index in [2.05, 4.69) is 21.0 Å². The Kier molecular flexibility index (Phi) is 4.10. The molecule has 0 spiro atoms. The number of hydrogen-bond donors (Lipinski definition) is 0. The number of benzene rings is 1. The molecule has 1 aromatic carbocycles. The van der Waals surface area contributed by atoms with Gasteiger partial charge in [0, 0.05) is 4.47 Å². The van der Waals surface area contributed by atoms with Gasteiger partial charge in [0.05, 0.1) is 17.8 Å². The highest BCUT2D eigenvalue weighted by Crippen LogP contribution is 2.35. The maximum atomic E-state index is 12.0. The first-order valence-electron chi connectivity index (χ1n) is 6.05. The van der Waals surface area contributed by atoms with Crippen LogP contribution in [0.25, 0.3) is 0 Å². The smallest absolute Gasteiger partial charge is 0.287 e. The van der Waals surface area contributed by atoms with E-state index in [4.69, 9.17) is 32.7 Å². The summed E-state index contributed by atoms with van der Waals surface area (Å²) in [6.07, 6.45) is 1.34. The van der Waals surface area contributed by atoms with Crippen molar-refractivity contribution >= 4 is 39.1 Å². The van der Waals surface area contributed by atoms with Gasteiger partial charge in [-0.2, -0.15) is 5.10 Å². The summed E-state index contributed by atoms with van der Waals surface area (Å²) in [4.78, 5) is 12.0. The second kappa shape index (κ2) is 5.87. The molecule has 0 N–H and O–H groups in total. The van der Waals surface area contributed by atoms with Crippen molar-refractivity contribution in [1.29, 1.82) is 0 Å². The van der Waals surface area contributed by atoms with Crippen molar-refractivity contribution in [3.63, 3.8) is 0 Å². The third kappa shape index (κ3) is 2.88. The Morgan fingerprint density at radius 2 is 1.90 bits per heavy atom. The first kappa shape index (κ1) is 14.7. The summed E-state index contributed by atoms with van der Waals surface area (Å²) < 4.78 is 13.1. The monoisotopic (exact) mass is 390 g/mol.